The third-order valence-electron chi connectivity index (χ3n) is 2.21. The van der Waals surface area contributed by atoms with Crippen molar-refractivity contribution in [3.8, 4) is 11.8 Å². The minimum absolute atomic E-state index is 0.599. The molecule has 0 N–H and O–H groups in total. The minimum atomic E-state index is 0.599. The van der Waals surface area contributed by atoms with Gasteiger partial charge in [-0.3, -0.25) is 0 Å². The molecule has 0 aliphatic rings. The third-order valence-corrected chi connectivity index (χ3v) is 3.27. The van der Waals surface area contributed by atoms with Gasteiger partial charge in [0.25, 0.3) is 0 Å². The molecular formula is C11H9NOS. The highest BCUT2D eigenvalue weighted by molar-refractivity contribution is 7.17. The molecule has 0 atom stereocenters. The van der Waals surface area contributed by atoms with Gasteiger partial charge < -0.3 is 4.74 Å². The van der Waals surface area contributed by atoms with Crippen molar-refractivity contribution in [2.75, 3.05) is 7.11 Å². The fourth-order valence-electron chi connectivity index (χ4n) is 1.44. The predicted molar refractivity (Wildman–Crippen MR) is 57.8 cm³/mol. The van der Waals surface area contributed by atoms with E-state index in [0.29, 0.717) is 11.3 Å². The van der Waals surface area contributed by atoms with Crippen molar-refractivity contribution in [2.45, 2.75) is 6.92 Å². The van der Waals surface area contributed by atoms with E-state index in [2.05, 4.69) is 11.4 Å². The molecule has 0 saturated carbocycles. The lowest BCUT2D eigenvalue weighted by molar-refractivity contribution is 0.414. The molecule has 0 fully saturated rings. The van der Waals surface area contributed by atoms with Crippen LogP contribution in [0.1, 0.15) is 11.1 Å². The maximum absolute atomic E-state index is 8.91. The van der Waals surface area contributed by atoms with Gasteiger partial charge in [-0.1, -0.05) is 0 Å². The number of nitrogens with zero attached hydrogens (tertiary/aromatic N) is 1. The molecule has 0 unspecified atom stereocenters. The van der Waals surface area contributed by atoms with Crippen LogP contribution in [0.3, 0.4) is 0 Å². The Labute approximate surface area is 86.4 Å². The van der Waals surface area contributed by atoms with Gasteiger partial charge in [0.15, 0.2) is 0 Å². The van der Waals surface area contributed by atoms with Crippen LogP contribution in [0.5, 0.6) is 5.75 Å². The van der Waals surface area contributed by atoms with Crippen LogP contribution in [0, 0.1) is 18.3 Å². The Bertz CT molecular complexity index is 522. The summed E-state index contributed by atoms with van der Waals surface area (Å²) in [6, 6.07) is 5.95. The van der Waals surface area contributed by atoms with E-state index in [0.717, 1.165) is 5.39 Å². The topological polar surface area (TPSA) is 33.0 Å². The molecule has 0 saturated heterocycles. The number of nitriles is 1. The summed E-state index contributed by atoms with van der Waals surface area (Å²) in [5.41, 5.74) is 1.81. The van der Waals surface area contributed by atoms with Gasteiger partial charge >= 0.3 is 0 Å². The Morgan fingerprint density at radius 1 is 1.43 bits per heavy atom. The van der Waals surface area contributed by atoms with Crippen LogP contribution in [0.4, 0.5) is 0 Å². The van der Waals surface area contributed by atoms with Gasteiger partial charge in [-0.05, 0) is 35.4 Å². The molecule has 1 heterocycles. The molecule has 2 rings (SSSR count). The Morgan fingerprint density at radius 2 is 2.21 bits per heavy atom. The lowest BCUT2D eigenvalue weighted by atomic mass is 10.1. The van der Waals surface area contributed by atoms with Gasteiger partial charge in [0.2, 0.25) is 0 Å². The van der Waals surface area contributed by atoms with Crippen molar-refractivity contribution in [2.24, 2.45) is 0 Å². The van der Waals surface area contributed by atoms with E-state index < -0.39 is 0 Å². The fourth-order valence-corrected chi connectivity index (χ4v) is 2.39. The Balaban J connectivity index is 2.79. The number of rotatable bonds is 1. The predicted octanol–water partition coefficient (Wildman–Crippen LogP) is 3.09. The first-order chi connectivity index (χ1) is 6.76. The summed E-state index contributed by atoms with van der Waals surface area (Å²) in [5, 5.41) is 12.1. The smallest absolute Gasteiger partial charge is 0.138 e. The number of hydrogen-bond acceptors (Lipinski definition) is 3. The second-order valence-electron chi connectivity index (χ2n) is 3.08. The zero-order chi connectivity index (χ0) is 10.1. The summed E-state index contributed by atoms with van der Waals surface area (Å²) in [7, 11) is 1.59. The first-order valence-electron chi connectivity index (χ1n) is 4.22. The first kappa shape index (κ1) is 9.04. The summed E-state index contributed by atoms with van der Waals surface area (Å²) in [6.45, 7) is 2.05. The average molecular weight is 203 g/mol. The molecule has 1 aromatic carbocycles. The third kappa shape index (κ3) is 1.24. The summed E-state index contributed by atoms with van der Waals surface area (Å²) >= 11 is 1.67. The monoisotopic (exact) mass is 203 g/mol. The van der Waals surface area contributed by atoms with E-state index in [1.807, 2.05) is 19.1 Å². The lowest BCUT2D eigenvalue weighted by Crippen LogP contribution is -1.87. The van der Waals surface area contributed by atoms with Crippen LogP contribution in [0.25, 0.3) is 10.1 Å². The maximum Gasteiger partial charge on any atom is 0.138 e. The average Bonchev–Trinajstić information content (AvgIpc) is 2.58. The standard InChI is InChI=1S/C11H9NOS/c1-7-6-14-11-4-10(13-2)8(5-12)3-9(7)11/h3-4,6H,1-2H3. The Kier molecular flexibility index (Phi) is 2.14. The van der Waals surface area contributed by atoms with Crippen LogP contribution in [0.15, 0.2) is 17.5 Å². The molecule has 2 nitrogen and oxygen atoms in total. The zero-order valence-corrected chi connectivity index (χ0v) is 8.81. The molecule has 3 heteroatoms. The van der Waals surface area contributed by atoms with Crippen molar-refractivity contribution in [3.63, 3.8) is 0 Å². The number of ether oxygens (including phenoxy) is 1. The Hall–Kier alpha value is -1.53. The molecule has 14 heavy (non-hydrogen) atoms. The molecule has 0 amide bonds. The van der Waals surface area contributed by atoms with Gasteiger partial charge in [-0.15, -0.1) is 11.3 Å². The van der Waals surface area contributed by atoms with Crippen molar-refractivity contribution in [1.29, 1.82) is 5.26 Å². The molecule has 1 aromatic heterocycles. The summed E-state index contributed by atoms with van der Waals surface area (Å²) < 4.78 is 6.30. The van der Waals surface area contributed by atoms with Gasteiger partial charge in [0.1, 0.15) is 11.8 Å². The Morgan fingerprint density at radius 3 is 2.86 bits per heavy atom. The molecule has 0 aliphatic heterocycles. The maximum atomic E-state index is 8.91. The lowest BCUT2D eigenvalue weighted by Gasteiger charge is -2.02. The van der Waals surface area contributed by atoms with E-state index in [1.165, 1.54) is 10.3 Å². The number of benzene rings is 1. The van der Waals surface area contributed by atoms with E-state index in [-0.39, 0.29) is 0 Å². The second kappa shape index (κ2) is 3.32. The minimum Gasteiger partial charge on any atom is -0.495 e. The van der Waals surface area contributed by atoms with E-state index >= 15 is 0 Å². The summed E-state index contributed by atoms with van der Waals surface area (Å²) in [4.78, 5) is 0. The highest BCUT2D eigenvalue weighted by atomic mass is 32.1. The van der Waals surface area contributed by atoms with Gasteiger partial charge in [-0.2, -0.15) is 5.26 Å². The van der Waals surface area contributed by atoms with Crippen molar-refractivity contribution in [1.82, 2.24) is 0 Å². The SMILES string of the molecule is COc1cc2scc(C)c2cc1C#N. The van der Waals surface area contributed by atoms with Crippen LogP contribution >= 0.6 is 11.3 Å². The molecule has 0 spiro atoms. The van der Waals surface area contributed by atoms with Crippen LogP contribution < -0.4 is 4.74 Å². The molecule has 0 aliphatic carbocycles. The van der Waals surface area contributed by atoms with E-state index in [1.54, 1.807) is 18.4 Å². The fraction of sp³-hybridized carbons (Fsp3) is 0.182. The molecular weight excluding hydrogens is 194 g/mol. The van der Waals surface area contributed by atoms with Gasteiger partial charge in [-0.25, -0.2) is 0 Å². The van der Waals surface area contributed by atoms with Gasteiger partial charge in [0, 0.05) is 4.70 Å². The number of hydrogen-bond donors (Lipinski definition) is 0. The van der Waals surface area contributed by atoms with Crippen molar-refractivity contribution in [3.05, 3.63) is 28.6 Å². The number of aryl methyl sites for hydroxylation is 1. The highest BCUT2D eigenvalue weighted by Crippen LogP contribution is 2.31. The number of fused-ring (bicyclic) bond motifs is 1. The van der Waals surface area contributed by atoms with Crippen LogP contribution in [-0.2, 0) is 0 Å². The van der Waals surface area contributed by atoms with E-state index in [9.17, 15) is 0 Å². The van der Waals surface area contributed by atoms with Crippen LogP contribution in [-0.4, -0.2) is 7.11 Å². The van der Waals surface area contributed by atoms with Gasteiger partial charge in [0.05, 0.1) is 12.7 Å². The summed E-state index contributed by atoms with van der Waals surface area (Å²) in [6.07, 6.45) is 0. The molecule has 70 valence electrons. The number of methoxy groups -OCH3 is 1. The van der Waals surface area contributed by atoms with E-state index in [4.69, 9.17) is 10.00 Å². The first-order valence-corrected chi connectivity index (χ1v) is 5.10. The molecule has 2 aromatic rings. The zero-order valence-electron chi connectivity index (χ0n) is 8.00. The van der Waals surface area contributed by atoms with Crippen molar-refractivity contribution < 1.29 is 4.74 Å². The quantitative estimate of drug-likeness (QED) is 0.713. The molecule has 0 bridgehead atoms. The highest BCUT2D eigenvalue weighted by Gasteiger charge is 2.07. The molecule has 0 radical (unpaired) electrons. The number of thiophene rings is 1. The second-order valence-corrected chi connectivity index (χ2v) is 3.99. The van der Waals surface area contributed by atoms with Crippen LogP contribution in [0.2, 0.25) is 0 Å². The largest absolute Gasteiger partial charge is 0.495 e. The van der Waals surface area contributed by atoms with Crippen molar-refractivity contribution >= 4 is 21.4 Å². The summed E-state index contributed by atoms with van der Waals surface area (Å²) in [5.74, 6) is 0.654. The normalized spacial score (nSPS) is 10.1.